The van der Waals surface area contributed by atoms with Gasteiger partial charge in [0.25, 0.3) is 0 Å². The molecule has 1 aromatic heterocycles. The molecular formula is C43H36N2O. The largest absolute Gasteiger partial charge is 0.456 e. The Labute approximate surface area is 270 Å². The molecule has 7 aromatic rings. The van der Waals surface area contributed by atoms with Gasteiger partial charge in [0.2, 0.25) is 0 Å². The number of nitrogens with one attached hydrogen (secondary N) is 1. The summed E-state index contributed by atoms with van der Waals surface area (Å²) in [7, 11) is 0. The lowest BCUT2D eigenvalue weighted by Crippen LogP contribution is -2.04. The molecule has 3 nitrogen and oxygen atoms in total. The van der Waals surface area contributed by atoms with Gasteiger partial charge in [-0.2, -0.15) is 0 Å². The minimum absolute atomic E-state index is 0.375. The summed E-state index contributed by atoms with van der Waals surface area (Å²) < 4.78 is 6.10. The zero-order valence-electron chi connectivity index (χ0n) is 26.2. The second kappa shape index (κ2) is 12.4. The summed E-state index contributed by atoms with van der Waals surface area (Å²) in [4.78, 5) is 0. The van der Waals surface area contributed by atoms with Crippen LogP contribution >= 0.6 is 0 Å². The molecule has 0 bridgehead atoms. The van der Waals surface area contributed by atoms with E-state index in [1.165, 1.54) is 22.3 Å². The molecule has 0 atom stereocenters. The van der Waals surface area contributed by atoms with Gasteiger partial charge in [-0.1, -0.05) is 116 Å². The monoisotopic (exact) mass is 596 g/mol. The Hall–Kier alpha value is -5.67. The Morgan fingerprint density at radius 1 is 0.652 bits per heavy atom. The molecule has 3 N–H and O–H groups in total. The number of fused-ring (bicyclic) bond motifs is 3. The van der Waals surface area contributed by atoms with Crippen molar-refractivity contribution >= 4 is 33.3 Å². The van der Waals surface area contributed by atoms with Crippen LogP contribution in [0, 0.1) is 12.3 Å². The van der Waals surface area contributed by atoms with Gasteiger partial charge in [-0.25, -0.2) is 0 Å². The molecule has 0 amide bonds. The van der Waals surface area contributed by atoms with Gasteiger partial charge in [0.1, 0.15) is 11.2 Å². The number of para-hydroxylation sites is 1. The summed E-state index contributed by atoms with van der Waals surface area (Å²) in [6, 6.07) is 46.1. The van der Waals surface area contributed by atoms with Gasteiger partial charge in [0, 0.05) is 22.0 Å². The van der Waals surface area contributed by atoms with Crippen LogP contribution in [0.25, 0.3) is 61.0 Å². The van der Waals surface area contributed by atoms with E-state index in [9.17, 15) is 0 Å². The van der Waals surface area contributed by atoms with Gasteiger partial charge < -0.3 is 15.6 Å². The summed E-state index contributed by atoms with van der Waals surface area (Å²) in [6.45, 7) is 4.40. The highest BCUT2D eigenvalue weighted by Crippen LogP contribution is 2.38. The highest BCUT2D eigenvalue weighted by Gasteiger charge is 2.16. The Morgan fingerprint density at radius 3 is 2.17 bits per heavy atom. The molecule has 0 saturated heterocycles. The second-order valence-electron chi connectivity index (χ2n) is 11.9. The summed E-state index contributed by atoms with van der Waals surface area (Å²) in [5.74, 6) is 0. The number of hydrogen-bond donors (Lipinski definition) is 2. The number of allylic oxidation sites excluding steroid dienone is 1. The fourth-order valence-corrected chi connectivity index (χ4v) is 6.41. The van der Waals surface area contributed by atoms with Gasteiger partial charge in [-0.05, 0) is 99.8 Å². The molecule has 0 saturated carbocycles. The van der Waals surface area contributed by atoms with E-state index in [1.54, 1.807) is 6.08 Å². The quantitative estimate of drug-likeness (QED) is 0.171. The number of benzene rings is 6. The normalized spacial score (nSPS) is 11.7. The molecule has 0 aliphatic heterocycles. The van der Waals surface area contributed by atoms with E-state index in [4.69, 9.17) is 15.6 Å². The Bertz CT molecular complexity index is 2260. The van der Waals surface area contributed by atoms with Crippen molar-refractivity contribution < 1.29 is 4.42 Å². The van der Waals surface area contributed by atoms with Crippen molar-refractivity contribution in [3.63, 3.8) is 0 Å². The van der Waals surface area contributed by atoms with Crippen LogP contribution in [-0.2, 0) is 6.42 Å². The molecule has 6 aromatic carbocycles. The van der Waals surface area contributed by atoms with Crippen LogP contribution in [0.15, 0.2) is 144 Å². The average molecular weight is 597 g/mol. The lowest BCUT2D eigenvalue weighted by molar-refractivity contribution is 0.669. The smallest absolute Gasteiger partial charge is 0.135 e. The summed E-state index contributed by atoms with van der Waals surface area (Å²) >= 11 is 0. The minimum atomic E-state index is 0.375. The molecule has 1 heterocycles. The molecule has 0 aliphatic rings. The van der Waals surface area contributed by atoms with Crippen molar-refractivity contribution in [2.24, 2.45) is 5.73 Å². The van der Waals surface area contributed by atoms with Gasteiger partial charge in [0.15, 0.2) is 0 Å². The molecular weight excluding hydrogens is 560 g/mol. The zero-order valence-corrected chi connectivity index (χ0v) is 26.2. The summed E-state index contributed by atoms with van der Waals surface area (Å²) in [5.41, 5.74) is 20.7. The van der Waals surface area contributed by atoms with Crippen molar-refractivity contribution in [2.75, 3.05) is 0 Å². The van der Waals surface area contributed by atoms with Crippen LogP contribution in [-0.4, -0.2) is 5.71 Å². The Balaban J connectivity index is 1.40. The number of nitrogens with two attached hydrogens (primary N) is 1. The number of aryl methyl sites for hydroxylation is 2. The Morgan fingerprint density at radius 2 is 1.35 bits per heavy atom. The predicted molar refractivity (Wildman–Crippen MR) is 194 cm³/mol. The topological polar surface area (TPSA) is 63.0 Å². The molecule has 7 rings (SSSR count). The van der Waals surface area contributed by atoms with Crippen LogP contribution in [0.3, 0.4) is 0 Å². The van der Waals surface area contributed by atoms with E-state index in [1.807, 2.05) is 54.6 Å². The molecule has 0 spiro atoms. The van der Waals surface area contributed by atoms with Crippen molar-refractivity contribution in [2.45, 2.75) is 26.7 Å². The number of hydrogen-bond acceptors (Lipinski definition) is 3. The van der Waals surface area contributed by atoms with E-state index >= 15 is 0 Å². The third-order valence-corrected chi connectivity index (χ3v) is 8.80. The van der Waals surface area contributed by atoms with Crippen LogP contribution < -0.4 is 5.73 Å². The average Bonchev–Trinajstić information content (AvgIpc) is 3.47. The molecule has 0 unspecified atom stereocenters. The van der Waals surface area contributed by atoms with E-state index in [-0.39, 0.29) is 0 Å². The van der Waals surface area contributed by atoms with Crippen molar-refractivity contribution in [1.82, 2.24) is 0 Å². The maximum absolute atomic E-state index is 8.83. The first-order chi connectivity index (χ1) is 22.5. The maximum Gasteiger partial charge on any atom is 0.135 e. The first kappa shape index (κ1) is 29.1. The first-order valence-electron chi connectivity index (χ1n) is 15.9. The Kier molecular flexibility index (Phi) is 7.82. The SMILES string of the molecule is CCCc1ccc(-c2ccc(-c3ccc4oc5ccccc5c4c3)cc2/C(N)=C/C(=N)c2ccccc2)cc1-c1ccccc1C. The van der Waals surface area contributed by atoms with Gasteiger partial charge in [-0.15, -0.1) is 0 Å². The lowest BCUT2D eigenvalue weighted by atomic mass is 9.88. The van der Waals surface area contributed by atoms with Crippen LogP contribution in [0.2, 0.25) is 0 Å². The standard InChI is InChI=1S/C43H36N2O/c1-3-11-29-18-19-33(26-37(29)34-15-8-7-12-28(34)2)35-22-20-31(24-38(35)41(45)27-40(44)30-13-5-4-6-14-30)32-21-23-43-39(25-32)36-16-9-10-17-42(36)46-43/h4-10,12-27,44H,3,11,45H2,1-2H3/b41-27-,44-40?. The number of rotatable bonds is 8. The fraction of sp³-hybridized carbons (Fsp3) is 0.0930. The van der Waals surface area contributed by atoms with E-state index in [2.05, 4.69) is 92.7 Å². The van der Waals surface area contributed by atoms with Crippen molar-refractivity contribution in [1.29, 1.82) is 5.41 Å². The molecule has 224 valence electrons. The van der Waals surface area contributed by atoms with Crippen molar-refractivity contribution in [3.8, 4) is 33.4 Å². The molecule has 0 radical (unpaired) electrons. The van der Waals surface area contributed by atoms with Crippen LogP contribution in [0.4, 0.5) is 0 Å². The summed E-state index contributed by atoms with van der Waals surface area (Å²) in [5, 5.41) is 11.0. The van der Waals surface area contributed by atoms with Crippen molar-refractivity contribution in [3.05, 3.63) is 162 Å². The molecule has 3 heteroatoms. The lowest BCUT2D eigenvalue weighted by Gasteiger charge is -2.17. The van der Waals surface area contributed by atoms with Crippen LogP contribution in [0.1, 0.15) is 35.6 Å². The van der Waals surface area contributed by atoms with E-state index in [0.29, 0.717) is 11.4 Å². The molecule has 0 aliphatic carbocycles. The predicted octanol–water partition coefficient (Wildman–Crippen LogP) is 11.2. The highest BCUT2D eigenvalue weighted by molar-refractivity contribution is 6.11. The second-order valence-corrected chi connectivity index (χ2v) is 11.9. The van der Waals surface area contributed by atoms with Gasteiger partial charge in [0.05, 0.1) is 5.71 Å². The van der Waals surface area contributed by atoms with Gasteiger partial charge in [-0.3, -0.25) is 0 Å². The number of furan rings is 1. The fourth-order valence-electron chi connectivity index (χ4n) is 6.41. The van der Waals surface area contributed by atoms with E-state index in [0.717, 1.165) is 68.2 Å². The highest BCUT2D eigenvalue weighted by atomic mass is 16.3. The molecule has 0 fully saturated rings. The van der Waals surface area contributed by atoms with Gasteiger partial charge >= 0.3 is 0 Å². The van der Waals surface area contributed by atoms with Crippen LogP contribution in [0.5, 0.6) is 0 Å². The summed E-state index contributed by atoms with van der Waals surface area (Å²) in [6.07, 6.45) is 3.86. The first-order valence-corrected chi connectivity index (χ1v) is 15.9. The van der Waals surface area contributed by atoms with E-state index < -0.39 is 0 Å². The third-order valence-electron chi connectivity index (χ3n) is 8.80. The third kappa shape index (κ3) is 5.52. The molecule has 46 heavy (non-hydrogen) atoms. The maximum atomic E-state index is 8.83. The zero-order chi connectivity index (χ0) is 31.6. The minimum Gasteiger partial charge on any atom is -0.456 e.